The van der Waals surface area contributed by atoms with Gasteiger partial charge in [0.05, 0.1) is 48.3 Å². The first-order chi connectivity index (χ1) is 28.5. The third kappa shape index (κ3) is 11.3. The number of hydrogen-bond acceptors (Lipinski definition) is 14. The van der Waals surface area contributed by atoms with Crippen molar-refractivity contribution in [3.8, 4) is 5.69 Å². The number of likely N-dealkylation sites (N-methyl/N-ethyl adjacent to an activating group) is 2. The van der Waals surface area contributed by atoms with Crippen LogP contribution in [0.2, 0.25) is 0 Å². The van der Waals surface area contributed by atoms with E-state index in [1.807, 2.05) is 81.3 Å². The third-order valence-electron chi connectivity index (χ3n) is 13.0. The lowest BCUT2D eigenvalue weighted by molar-refractivity contribution is -0.300. The van der Waals surface area contributed by atoms with Crippen LogP contribution in [0.25, 0.3) is 5.69 Å². The Hall–Kier alpha value is -3.58. The Morgan fingerprint density at radius 1 is 0.967 bits per heavy atom. The predicted octanol–water partition coefficient (Wildman–Crippen LogP) is 2.65. The molecule has 0 radical (unpaired) electrons. The highest BCUT2D eigenvalue weighted by molar-refractivity contribution is 5.73. The number of cyclic esters (lactones) is 1. The molecule has 3 aromatic rings. The Labute approximate surface area is 360 Å². The summed E-state index contributed by atoms with van der Waals surface area (Å²) in [4.78, 5) is 29.8. The van der Waals surface area contributed by atoms with Gasteiger partial charge in [0.2, 0.25) is 0 Å². The topological polar surface area (TPSA) is 205 Å². The molecule has 5 N–H and O–H groups in total. The number of esters is 1. The quantitative estimate of drug-likeness (QED) is 0.197. The van der Waals surface area contributed by atoms with E-state index < -0.39 is 77.9 Å². The number of nitrogens with zero attached hydrogens (tertiary/aromatic N) is 6. The van der Waals surface area contributed by atoms with Crippen molar-refractivity contribution in [2.45, 2.75) is 161 Å². The smallest absolute Gasteiger partial charge is 0.311 e. The van der Waals surface area contributed by atoms with Gasteiger partial charge in [-0.25, -0.2) is 4.68 Å². The lowest BCUT2D eigenvalue weighted by Crippen LogP contribution is -2.59. The van der Waals surface area contributed by atoms with Gasteiger partial charge in [-0.3, -0.25) is 19.1 Å². The van der Waals surface area contributed by atoms with E-state index in [2.05, 4.69) is 10.3 Å². The monoisotopic (exact) mass is 855 g/mol. The number of benzene rings is 1. The number of aryl methyl sites for hydroxylation is 1. The first-order valence-corrected chi connectivity index (χ1v) is 21.6. The van der Waals surface area contributed by atoms with E-state index in [-0.39, 0.29) is 30.4 Å². The Morgan fingerprint density at radius 3 is 2.30 bits per heavy atom. The highest BCUT2D eigenvalue weighted by atomic mass is 16.7. The number of rotatable bonds is 9. The van der Waals surface area contributed by atoms with Crippen LogP contribution in [0.3, 0.4) is 0 Å². The Balaban J connectivity index is 1.32. The molecular formula is C45H70N6O10. The van der Waals surface area contributed by atoms with E-state index in [9.17, 15) is 35.1 Å². The van der Waals surface area contributed by atoms with Gasteiger partial charge in [-0.15, -0.1) is 5.10 Å². The van der Waals surface area contributed by atoms with Crippen LogP contribution in [0, 0.1) is 24.7 Å². The molecule has 2 aromatic heterocycles. The molecule has 0 aliphatic carbocycles. The van der Waals surface area contributed by atoms with Crippen LogP contribution in [0.4, 0.5) is 0 Å². The van der Waals surface area contributed by atoms with Gasteiger partial charge in [0.15, 0.2) is 6.29 Å². The summed E-state index contributed by atoms with van der Waals surface area (Å²) < 4.78 is 22.0. The van der Waals surface area contributed by atoms with Crippen molar-refractivity contribution in [1.82, 2.24) is 29.4 Å². The standard InChI is InChI=1S/C45H70N6O10/c1-12-36-45(9,58)40(55)31(7)48(10)21-27(3)20-44(8,57)41(29(5)38(53)30(6)42(56)60-36)61-43-39(54)35(19-28(4)59-43)49(11)24-33-25-50(47-46-33)23-32-14-16-34(17-15-32)51-22-26(2)13-18-37(51)52/h13-18,22,25,27-31,35-36,38-41,43,53-55,57-58H,12,19-21,23-24H2,1-11H3/t27-,28-,29+,30-,31-,35+,36-,38+,39-,40-,41-,43+,44-,45-/m1/s1. The summed E-state index contributed by atoms with van der Waals surface area (Å²) in [6, 6.07) is 10.0. The summed E-state index contributed by atoms with van der Waals surface area (Å²) >= 11 is 0. The first kappa shape index (κ1) is 48.5. The average molecular weight is 855 g/mol. The maximum atomic E-state index is 13.6. The van der Waals surface area contributed by atoms with Crippen LogP contribution in [0.5, 0.6) is 0 Å². The highest BCUT2D eigenvalue weighted by Crippen LogP contribution is 2.37. The average Bonchev–Trinajstić information content (AvgIpc) is 3.64. The fourth-order valence-electron chi connectivity index (χ4n) is 9.27. The Bertz CT molecular complexity index is 1950. The van der Waals surface area contributed by atoms with Crippen molar-refractivity contribution in [3.05, 3.63) is 76.0 Å². The lowest BCUT2D eigenvalue weighted by Gasteiger charge is -2.47. The maximum absolute atomic E-state index is 13.6. The van der Waals surface area contributed by atoms with Gasteiger partial charge >= 0.3 is 5.97 Å². The van der Waals surface area contributed by atoms with Gasteiger partial charge < -0.3 is 44.6 Å². The van der Waals surface area contributed by atoms with Crippen LogP contribution in [0.1, 0.15) is 91.5 Å². The molecule has 61 heavy (non-hydrogen) atoms. The molecule has 0 unspecified atom stereocenters. The fourth-order valence-corrected chi connectivity index (χ4v) is 9.27. The second-order valence-electron chi connectivity index (χ2n) is 18.6. The van der Waals surface area contributed by atoms with Gasteiger partial charge in [0.1, 0.15) is 23.9 Å². The summed E-state index contributed by atoms with van der Waals surface area (Å²) in [7, 11) is 3.70. The largest absolute Gasteiger partial charge is 0.459 e. The van der Waals surface area contributed by atoms with Crippen LogP contribution in [-0.4, -0.2) is 148 Å². The maximum Gasteiger partial charge on any atom is 0.311 e. The number of ether oxygens (including phenoxy) is 3. The van der Waals surface area contributed by atoms with Gasteiger partial charge in [0, 0.05) is 49.0 Å². The molecule has 0 amide bonds. The van der Waals surface area contributed by atoms with Crippen molar-refractivity contribution in [3.63, 3.8) is 0 Å². The van der Waals surface area contributed by atoms with E-state index in [4.69, 9.17) is 14.2 Å². The minimum Gasteiger partial charge on any atom is -0.459 e. The number of hydrogen-bond donors (Lipinski definition) is 5. The minimum atomic E-state index is -1.79. The molecule has 5 rings (SSSR count). The number of aliphatic hydroxyl groups is 5. The molecule has 2 saturated heterocycles. The molecule has 16 heteroatoms. The molecule has 2 aliphatic rings. The molecule has 0 bridgehead atoms. The van der Waals surface area contributed by atoms with E-state index in [0.29, 0.717) is 31.7 Å². The fraction of sp³-hybridized carbons (Fsp3) is 0.689. The van der Waals surface area contributed by atoms with Crippen molar-refractivity contribution in [2.24, 2.45) is 17.8 Å². The summed E-state index contributed by atoms with van der Waals surface area (Å²) in [5.41, 5.74) is -0.0703. The molecule has 1 aromatic carbocycles. The Morgan fingerprint density at radius 2 is 1.64 bits per heavy atom. The minimum absolute atomic E-state index is 0.103. The lowest BCUT2D eigenvalue weighted by atomic mass is 9.78. The van der Waals surface area contributed by atoms with Gasteiger partial charge in [-0.2, -0.15) is 0 Å². The normalized spacial score (nSPS) is 36.3. The van der Waals surface area contributed by atoms with Crippen LogP contribution >= 0.6 is 0 Å². The van der Waals surface area contributed by atoms with Crippen molar-refractivity contribution < 1.29 is 44.5 Å². The summed E-state index contributed by atoms with van der Waals surface area (Å²) in [5.74, 6) is -2.89. The van der Waals surface area contributed by atoms with Gasteiger partial charge in [-0.05, 0) is 104 Å². The molecule has 0 saturated carbocycles. The molecule has 14 atom stereocenters. The molecule has 2 fully saturated rings. The van der Waals surface area contributed by atoms with Crippen molar-refractivity contribution in [1.29, 1.82) is 0 Å². The zero-order valence-corrected chi connectivity index (χ0v) is 37.8. The number of carbonyl (C=O) groups excluding carboxylic acids is 1. The van der Waals surface area contributed by atoms with E-state index in [1.165, 1.54) is 13.8 Å². The summed E-state index contributed by atoms with van der Waals surface area (Å²) in [5, 5.41) is 67.5. The molecule has 4 heterocycles. The van der Waals surface area contributed by atoms with Gasteiger partial charge in [0.25, 0.3) is 5.56 Å². The number of aromatic nitrogens is 4. The second-order valence-corrected chi connectivity index (χ2v) is 18.6. The second kappa shape index (κ2) is 19.9. The molecular weight excluding hydrogens is 785 g/mol. The molecule has 0 spiro atoms. The van der Waals surface area contributed by atoms with Crippen LogP contribution in [-0.2, 0) is 32.1 Å². The van der Waals surface area contributed by atoms with Gasteiger partial charge in [-0.1, -0.05) is 44.2 Å². The first-order valence-electron chi connectivity index (χ1n) is 21.6. The molecule has 340 valence electrons. The molecule has 2 aliphatic heterocycles. The number of aliphatic hydroxyl groups excluding tert-OH is 3. The zero-order valence-electron chi connectivity index (χ0n) is 37.8. The van der Waals surface area contributed by atoms with E-state index >= 15 is 0 Å². The zero-order chi connectivity index (χ0) is 45.1. The SMILES string of the molecule is CC[C@H]1OC(=O)[C@H](C)[C@@H](O)[C@H](C)[C@@H](O[C@@H]2O[C@H](C)C[C@H](N(C)Cc3cn(Cc4ccc(-n5cc(C)ccc5=O)cc4)nn3)[C@H]2O)[C@](C)(O)C[C@@H](C)CN(C)[C@H](C)[C@@H](O)[C@]1(C)O. The van der Waals surface area contributed by atoms with Crippen molar-refractivity contribution >= 4 is 5.97 Å². The highest BCUT2D eigenvalue weighted by Gasteiger charge is 2.50. The number of pyridine rings is 1. The summed E-state index contributed by atoms with van der Waals surface area (Å²) in [6.07, 6.45) is -3.00. The van der Waals surface area contributed by atoms with Crippen molar-refractivity contribution in [2.75, 3.05) is 20.6 Å². The van der Waals surface area contributed by atoms with Crippen LogP contribution in [0.15, 0.2) is 53.6 Å². The van der Waals surface area contributed by atoms with E-state index in [0.717, 1.165) is 16.8 Å². The predicted molar refractivity (Wildman–Crippen MR) is 229 cm³/mol. The summed E-state index contributed by atoms with van der Waals surface area (Å²) in [6.45, 7) is 16.9. The molecule has 16 nitrogen and oxygen atoms in total. The van der Waals surface area contributed by atoms with Crippen LogP contribution < -0.4 is 5.56 Å². The Kier molecular flexibility index (Phi) is 15.8. The third-order valence-corrected chi connectivity index (χ3v) is 13.0. The number of carbonyl (C=O) groups is 1. The van der Waals surface area contributed by atoms with E-state index in [1.54, 1.807) is 49.1 Å².